The lowest BCUT2D eigenvalue weighted by atomic mass is 10.0. The first-order valence-corrected chi connectivity index (χ1v) is 20.1. The maximum Gasteiger partial charge on any atom is 0.267 e. The van der Waals surface area contributed by atoms with Crippen molar-refractivity contribution in [2.24, 2.45) is 0 Å². The predicted molar refractivity (Wildman–Crippen MR) is 189 cm³/mol. The number of rotatable bonds is 33. The van der Waals surface area contributed by atoms with Crippen LogP contribution in [-0.2, 0) is 14.9 Å². The minimum absolute atomic E-state index is 0.288. The molecule has 0 heterocycles. The third-order valence-corrected chi connectivity index (χ3v) is 9.16. The highest BCUT2D eigenvalue weighted by atomic mass is 32.2. The Morgan fingerprint density at radius 3 is 1.43 bits per heavy atom. The molecule has 0 bridgehead atoms. The average Bonchev–Trinajstić information content (AvgIpc) is 2.98. The number of nitrogens with one attached hydrogen (secondary N) is 1. The molecule has 2 atom stereocenters. The molecule has 0 aromatic rings. The minimum Gasteiger partial charge on any atom is -0.387 e. The molecule has 44 heavy (non-hydrogen) atoms. The van der Waals surface area contributed by atoms with E-state index in [1.165, 1.54) is 134 Å². The Kier molecular flexibility index (Phi) is 30.9. The van der Waals surface area contributed by atoms with Gasteiger partial charge < -0.3 is 10.4 Å². The number of unbranched alkanes of at least 4 members (excludes halogenated alkanes) is 23. The fraction of sp³-hybridized carbons (Fsp3) is 0.865. The van der Waals surface area contributed by atoms with Crippen LogP contribution >= 0.6 is 0 Å². The number of hydrogen-bond acceptors (Lipinski definition) is 4. The van der Waals surface area contributed by atoms with E-state index in [1.807, 2.05) is 6.08 Å². The second-order valence-corrected chi connectivity index (χ2v) is 14.4. The molecule has 0 aromatic heterocycles. The molecule has 0 spiro atoms. The van der Waals surface area contributed by atoms with Crippen LogP contribution in [0.2, 0.25) is 0 Å². The molecule has 6 nitrogen and oxygen atoms in total. The molecule has 0 aliphatic heterocycles. The Labute approximate surface area is 273 Å². The Hall–Kier alpha value is -1.18. The molecule has 0 aromatic carbocycles. The first-order chi connectivity index (χ1) is 21.3. The molecule has 0 radical (unpaired) electrons. The minimum atomic E-state index is -4.34. The number of hydrogen-bond donors (Lipinski definition) is 3. The Bertz CT molecular complexity index is 796. The van der Waals surface area contributed by atoms with Crippen molar-refractivity contribution < 1.29 is 22.9 Å². The van der Waals surface area contributed by atoms with Crippen LogP contribution in [0.5, 0.6) is 0 Å². The Morgan fingerprint density at radius 1 is 0.591 bits per heavy atom. The van der Waals surface area contributed by atoms with Gasteiger partial charge in [0.25, 0.3) is 10.1 Å². The summed E-state index contributed by atoms with van der Waals surface area (Å²) in [5.74, 6) is -0.994. The van der Waals surface area contributed by atoms with E-state index in [9.17, 15) is 22.9 Å². The van der Waals surface area contributed by atoms with Crippen LogP contribution in [0.4, 0.5) is 0 Å². The van der Waals surface area contributed by atoms with E-state index in [0.29, 0.717) is 6.42 Å². The van der Waals surface area contributed by atoms with Gasteiger partial charge in [0.05, 0.1) is 17.9 Å². The summed E-state index contributed by atoms with van der Waals surface area (Å²) < 4.78 is 32.3. The standard InChI is InChI=1S/C37H71NO5S/c1-3-5-7-9-11-13-15-17-19-20-22-24-26-28-30-32-36(39)35(34-44(41,42)43)38-37(40)33-31-29-27-25-23-21-18-16-14-12-10-8-6-4-2/h22,24,30,32,35-36,39H,3-21,23,25-29,31,33-34H2,1-2H3,(H,38,40)(H,41,42,43)/b24-22+,32-30+. The highest BCUT2D eigenvalue weighted by Crippen LogP contribution is 2.14. The predicted octanol–water partition coefficient (Wildman–Crippen LogP) is 10.4. The van der Waals surface area contributed by atoms with Gasteiger partial charge >= 0.3 is 0 Å². The lowest BCUT2D eigenvalue weighted by molar-refractivity contribution is -0.122. The zero-order valence-electron chi connectivity index (χ0n) is 28.8. The van der Waals surface area contributed by atoms with Gasteiger partial charge in [0.1, 0.15) is 0 Å². The smallest absolute Gasteiger partial charge is 0.267 e. The van der Waals surface area contributed by atoms with E-state index in [-0.39, 0.29) is 5.91 Å². The fourth-order valence-corrected chi connectivity index (χ4v) is 6.32. The topological polar surface area (TPSA) is 104 Å². The monoisotopic (exact) mass is 642 g/mol. The highest BCUT2D eigenvalue weighted by molar-refractivity contribution is 7.85. The quantitative estimate of drug-likeness (QED) is 0.0376. The van der Waals surface area contributed by atoms with Gasteiger partial charge in [-0.1, -0.05) is 173 Å². The normalized spacial score (nSPS) is 13.6. The van der Waals surface area contributed by atoms with Crippen LogP contribution < -0.4 is 5.32 Å². The SMILES string of the molecule is CCCCCCCCCCC/C=C/CC/C=C/C(O)C(CS(=O)(=O)O)NC(=O)CCCCCCCCCCCCCCCC. The van der Waals surface area contributed by atoms with Gasteiger partial charge in [-0.15, -0.1) is 0 Å². The first-order valence-electron chi connectivity index (χ1n) is 18.5. The molecule has 0 rings (SSSR count). The Balaban J connectivity index is 4.02. The lowest BCUT2D eigenvalue weighted by Gasteiger charge is -2.21. The second-order valence-electron chi connectivity index (χ2n) is 12.9. The molecule has 0 saturated heterocycles. The summed E-state index contributed by atoms with van der Waals surface area (Å²) in [6.45, 7) is 4.50. The summed E-state index contributed by atoms with van der Waals surface area (Å²) >= 11 is 0. The summed E-state index contributed by atoms with van der Waals surface area (Å²) in [7, 11) is -4.34. The average molecular weight is 642 g/mol. The summed E-state index contributed by atoms with van der Waals surface area (Å²) in [4.78, 5) is 12.4. The van der Waals surface area contributed by atoms with Crippen molar-refractivity contribution in [1.29, 1.82) is 0 Å². The van der Waals surface area contributed by atoms with E-state index in [4.69, 9.17) is 0 Å². The van der Waals surface area contributed by atoms with Crippen molar-refractivity contribution in [2.75, 3.05) is 5.75 Å². The number of aliphatic hydroxyl groups excluding tert-OH is 1. The maximum atomic E-state index is 12.4. The van der Waals surface area contributed by atoms with E-state index < -0.39 is 28.0 Å². The van der Waals surface area contributed by atoms with Gasteiger partial charge in [0, 0.05) is 6.42 Å². The summed E-state index contributed by atoms with van der Waals surface area (Å²) in [6.07, 6.45) is 38.7. The van der Waals surface area contributed by atoms with Gasteiger partial charge in [0.2, 0.25) is 5.91 Å². The van der Waals surface area contributed by atoms with E-state index in [2.05, 4.69) is 31.3 Å². The third kappa shape index (κ3) is 32.2. The summed E-state index contributed by atoms with van der Waals surface area (Å²) in [5.41, 5.74) is 0. The second kappa shape index (κ2) is 31.8. The van der Waals surface area contributed by atoms with Crippen LogP contribution in [0, 0.1) is 0 Å². The first kappa shape index (κ1) is 42.8. The van der Waals surface area contributed by atoms with Crippen molar-refractivity contribution in [1.82, 2.24) is 5.32 Å². The molecular formula is C37H71NO5S. The zero-order chi connectivity index (χ0) is 32.6. The number of carbonyl (C=O) groups is 1. The molecule has 7 heteroatoms. The molecule has 0 aliphatic carbocycles. The molecule has 0 fully saturated rings. The van der Waals surface area contributed by atoms with Gasteiger partial charge in [-0.3, -0.25) is 9.35 Å². The molecule has 260 valence electrons. The van der Waals surface area contributed by atoms with Crippen molar-refractivity contribution >= 4 is 16.0 Å². The largest absolute Gasteiger partial charge is 0.387 e. The molecule has 0 aliphatic rings. The van der Waals surface area contributed by atoms with Gasteiger partial charge in [-0.05, 0) is 32.1 Å². The van der Waals surface area contributed by atoms with Crippen molar-refractivity contribution in [3.63, 3.8) is 0 Å². The maximum absolute atomic E-state index is 12.4. The molecule has 3 N–H and O–H groups in total. The van der Waals surface area contributed by atoms with E-state index in [1.54, 1.807) is 0 Å². The van der Waals surface area contributed by atoms with Gasteiger partial charge in [0.15, 0.2) is 0 Å². The van der Waals surface area contributed by atoms with Crippen molar-refractivity contribution in [2.45, 2.75) is 199 Å². The van der Waals surface area contributed by atoms with Crippen LogP contribution in [0.3, 0.4) is 0 Å². The van der Waals surface area contributed by atoms with Crippen molar-refractivity contribution in [3.8, 4) is 0 Å². The van der Waals surface area contributed by atoms with Gasteiger partial charge in [-0.2, -0.15) is 8.42 Å². The van der Waals surface area contributed by atoms with E-state index >= 15 is 0 Å². The van der Waals surface area contributed by atoms with Gasteiger partial charge in [-0.25, -0.2) is 0 Å². The molecular weight excluding hydrogens is 570 g/mol. The third-order valence-electron chi connectivity index (χ3n) is 8.38. The summed E-state index contributed by atoms with van der Waals surface area (Å²) in [5, 5.41) is 13.2. The van der Waals surface area contributed by atoms with Crippen LogP contribution in [0.25, 0.3) is 0 Å². The molecule has 0 saturated carbocycles. The molecule has 1 amide bonds. The number of aliphatic hydroxyl groups is 1. The van der Waals surface area contributed by atoms with Crippen LogP contribution in [0.15, 0.2) is 24.3 Å². The van der Waals surface area contributed by atoms with Crippen LogP contribution in [-0.4, -0.2) is 41.9 Å². The fourth-order valence-electron chi connectivity index (χ4n) is 5.58. The number of allylic oxidation sites excluding steroid dienone is 3. The zero-order valence-corrected chi connectivity index (χ0v) is 29.6. The Morgan fingerprint density at radius 2 is 0.977 bits per heavy atom. The highest BCUT2D eigenvalue weighted by Gasteiger charge is 2.24. The van der Waals surface area contributed by atoms with Crippen molar-refractivity contribution in [3.05, 3.63) is 24.3 Å². The summed E-state index contributed by atoms with van der Waals surface area (Å²) in [6, 6.07) is -1.07. The lowest BCUT2D eigenvalue weighted by Crippen LogP contribution is -2.46. The van der Waals surface area contributed by atoms with E-state index in [0.717, 1.165) is 38.5 Å². The number of amides is 1. The number of carbonyl (C=O) groups excluding carboxylic acids is 1. The van der Waals surface area contributed by atoms with Crippen LogP contribution in [0.1, 0.15) is 187 Å². The molecule has 2 unspecified atom stereocenters.